The zero-order valence-corrected chi connectivity index (χ0v) is 39.5. The second-order valence-electron chi connectivity index (χ2n) is 19.0. The minimum Gasteiger partial charge on any atom is -1.00 e. The van der Waals surface area contributed by atoms with Gasteiger partial charge in [-0.15, -0.1) is 0 Å². The SMILES string of the molecule is CC(C)C1=Cc2c(-c3c4ccccc4cc4ccccc34)cccc2[CH]1[Zr+2]1([CH]2C(C(C)C)=Cc3c(-c4c5ccccc5cc5ccccc45)cccc32)[CH]2CCCC[CH]21.[Cl-].[Cl-]. The maximum absolute atomic E-state index is 3.30. The second-order valence-corrected chi connectivity index (χ2v) is 30.4. The van der Waals surface area contributed by atoms with Crippen LogP contribution in [-0.4, -0.2) is 0 Å². The first-order valence-electron chi connectivity index (χ1n) is 22.5. The van der Waals surface area contributed by atoms with Crippen molar-refractivity contribution in [3.8, 4) is 22.3 Å². The molecule has 1 saturated heterocycles. The molecule has 0 amide bonds. The van der Waals surface area contributed by atoms with Crippen molar-refractivity contribution in [2.75, 3.05) is 0 Å². The first kappa shape index (κ1) is 40.8. The molecule has 302 valence electrons. The van der Waals surface area contributed by atoms with E-state index in [0.29, 0.717) is 19.1 Å². The fourth-order valence-electron chi connectivity index (χ4n) is 13.3. The minimum absolute atomic E-state index is 0. The average Bonchev–Trinajstić information content (AvgIpc) is 3.51. The molecule has 0 aromatic heterocycles. The van der Waals surface area contributed by atoms with Crippen molar-refractivity contribution in [3.05, 3.63) is 179 Å². The molecule has 2 fully saturated rings. The van der Waals surface area contributed by atoms with E-state index in [0.717, 1.165) is 7.25 Å². The van der Waals surface area contributed by atoms with Gasteiger partial charge in [-0.2, -0.15) is 0 Å². The molecular weight excluding hydrogens is 859 g/mol. The molecule has 0 spiro atoms. The molecule has 61 heavy (non-hydrogen) atoms. The molecule has 8 aromatic rings. The van der Waals surface area contributed by atoms with Crippen LogP contribution < -0.4 is 24.8 Å². The average molecular weight is 911 g/mol. The number of rotatable bonds is 6. The van der Waals surface area contributed by atoms with Gasteiger partial charge in [0.1, 0.15) is 0 Å². The molecule has 0 nitrogen and oxygen atoms in total. The van der Waals surface area contributed by atoms with E-state index in [9.17, 15) is 0 Å². The van der Waals surface area contributed by atoms with E-state index >= 15 is 0 Å². The molecule has 4 unspecified atom stereocenters. The number of fused-ring (bicyclic) bond motifs is 7. The van der Waals surface area contributed by atoms with E-state index in [1.807, 2.05) is 0 Å². The Morgan fingerprint density at radius 1 is 0.426 bits per heavy atom. The molecular formula is C58H52Cl2Zr. The maximum Gasteiger partial charge on any atom is -1.00 e. The maximum atomic E-state index is 2.74. The van der Waals surface area contributed by atoms with Crippen LogP contribution in [0.2, 0.25) is 7.25 Å². The van der Waals surface area contributed by atoms with Gasteiger partial charge in [0.2, 0.25) is 0 Å². The van der Waals surface area contributed by atoms with Crippen molar-refractivity contribution in [2.24, 2.45) is 11.8 Å². The van der Waals surface area contributed by atoms with E-state index in [1.165, 1.54) is 102 Å². The Balaban J connectivity index is 0.00000223. The van der Waals surface area contributed by atoms with Crippen molar-refractivity contribution in [1.82, 2.24) is 0 Å². The zero-order valence-electron chi connectivity index (χ0n) is 35.6. The van der Waals surface area contributed by atoms with Crippen molar-refractivity contribution >= 4 is 55.2 Å². The Labute approximate surface area is 378 Å². The van der Waals surface area contributed by atoms with Crippen molar-refractivity contribution in [3.63, 3.8) is 0 Å². The van der Waals surface area contributed by atoms with Crippen LogP contribution in [0.15, 0.2) is 157 Å². The monoisotopic (exact) mass is 908 g/mol. The van der Waals surface area contributed by atoms with E-state index in [4.69, 9.17) is 0 Å². The van der Waals surface area contributed by atoms with E-state index in [2.05, 4.69) is 185 Å². The summed E-state index contributed by atoms with van der Waals surface area (Å²) in [6, 6.07) is 56.1. The molecule has 4 atom stereocenters. The van der Waals surface area contributed by atoms with Crippen LogP contribution in [0.3, 0.4) is 0 Å². The topological polar surface area (TPSA) is 0 Å². The van der Waals surface area contributed by atoms with Gasteiger partial charge in [-0.25, -0.2) is 0 Å². The van der Waals surface area contributed by atoms with E-state index in [1.54, 1.807) is 22.3 Å². The zero-order chi connectivity index (χ0) is 39.6. The Hall–Kier alpha value is -4.26. The van der Waals surface area contributed by atoms with Crippen molar-refractivity contribution in [2.45, 2.75) is 67.9 Å². The summed E-state index contributed by atoms with van der Waals surface area (Å²) < 4.78 is 3.04. The number of hydrogen-bond donors (Lipinski definition) is 0. The van der Waals surface area contributed by atoms with Gasteiger partial charge in [-0.1, -0.05) is 0 Å². The van der Waals surface area contributed by atoms with Gasteiger partial charge in [-0.3, -0.25) is 0 Å². The second kappa shape index (κ2) is 15.5. The molecule has 1 heterocycles. The summed E-state index contributed by atoms with van der Waals surface area (Å²) in [5.41, 5.74) is 15.5. The fourth-order valence-corrected chi connectivity index (χ4v) is 37.0. The van der Waals surface area contributed by atoms with Gasteiger partial charge in [0.25, 0.3) is 0 Å². The predicted molar refractivity (Wildman–Crippen MR) is 251 cm³/mol. The summed E-state index contributed by atoms with van der Waals surface area (Å²) >= 11 is -3.30. The molecule has 4 aliphatic rings. The smallest absolute Gasteiger partial charge is 1.00 e. The standard InChI is InChI=1S/2C26H21.C6H10.2ClH.Zr/c2*1-17(2)21-15-20-10-7-13-24(25(20)16-21)26-22-11-5-3-8-18(22)14-19-9-4-6-12-23(19)26;1-2-4-6-5-3-1;;;/h2*3-17H,1-2H3;1-2H,3-6H2;2*1H;/q;;;;;+2/p-2. The van der Waals surface area contributed by atoms with Gasteiger partial charge in [0.15, 0.2) is 0 Å². The number of hydrogen-bond acceptors (Lipinski definition) is 0. The van der Waals surface area contributed by atoms with Crippen molar-refractivity contribution in [1.29, 1.82) is 0 Å². The molecule has 3 heteroatoms. The quantitative estimate of drug-likeness (QED) is 0.146. The van der Waals surface area contributed by atoms with Crippen LogP contribution in [0.25, 0.3) is 77.5 Å². The molecule has 1 saturated carbocycles. The summed E-state index contributed by atoms with van der Waals surface area (Å²) in [5.74, 6) is 1.00. The third kappa shape index (κ3) is 5.93. The van der Waals surface area contributed by atoms with Crippen LogP contribution >= 0.6 is 0 Å². The summed E-state index contributed by atoms with van der Waals surface area (Å²) in [5, 5.41) is 10.8. The number of benzene rings is 8. The predicted octanol–water partition coefficient (Wildman–Crippen LogP) is 10.8. The third-order valence-corrected chi connectivity index (χ3v) is 32.4. The van der Waals surface area contributed by atoms with Crippen LogP contribution in [0.1, 0.15) is 82.9 Å². The molecule has 0 bridgehead atoms. The van der Waals surface area contributed by atoms with Gasteiger partial charge < -0.3 is 24.8 Å². The Morgan fingerprint density at radius 2 is 0.770 bits per heavy atom. The number of halogens is 2. The molecule has 3 aliphatic carbocycles. The Morgan fingerprint density at radius 3 is 1.11 bits per heavy atom. The molecule has 0 radical (unpaired) electrons. The van der Waals surface area contributed by atoms with Gasteiger partial charge in [0.05, 0.1) is 0 Å². The fraction of sp³-hybridized carbons (Fsp3) is 0.241. The van der Waals surface area contributed by atoms with Crippen LogP contribution in [0.4, 0.5) is 0 Å². The van der Waals surface area contributed by atoms with Crippen LogP contribution in [0.5, 0.6) is 0 Å². The van der Waals surface area contributed by atoms with Crippen LogP contribution in [-0.2, 0) is 20.3 Å². The van der Waals surface area contributed by atoms with Gasteiger partial charge in [0, 0.05) is 0 Å². The first-order chi connectivity index (χ1) is 28.9. The molecule has 0 N–H and O–H groups in total. The Kier molecular flexibility index (Phi) is 10.4. The minimum atomic E-state index is -3.30. The largest absolute Gasteiger partial charge is 1.00 e. The summed E-state index contributed by atoms with van der Waals surface area (Å²) in [6.07, 6.45) is 11.2. The summed E-state index contributed by atoms with van der Waals surface area (Å²) in [7, 11) is 0. The first-order valence-corrected chi connectivity index (χ1v) is 28.1. The van der Waals surface area contributed by atoms with Crippen LogP contribution in [0, 0.1) is 11.8 Å². The normalized spacial score (nSPS) is 21.4. The summed E-state index contributed by atoms with van der Waals surface area (Å²) in [4.78, 5) is 0. The molecule has 1 aliphatic heterocycles. The third-order valence-electron chi connectivity index (χ3n) is 15.5. The molecule has 12 rings (SSSR count). The van der Waals surface area contributed by atoms with Gasteiger partial charge >= 0.3 is 356 Å². The summed E-state index contributed by atoms with van der Waals surface area (Å²) in [6.45, 7) is 10.0. The Bertz CT molecular complexity index is 2790. The van der Waals surface area contributed by atoms with E-state index in [-0.39, 0.29) is 24.8 Å². The van der Waals surface area contributed by atoms with Gasteiger partial charge in [-0.05, 0) is 0 Å². The number of allylic oxidation sites excluding steroid dienone is 2. The molecule has 8 aromatic carbocycles. The van der Waals surface area contributed by atoms with E-state index < -0.39 is 20.3 Å². The van der Waals surface area contributed by atoms with Crippen molar-refractivity contribution < 1.29 is 45.1 Å².